The summed E-state index contributed by atoms with van der Waals surface area (Å²) in [6.45, 7) is 2.22. The number of H-pyrrole nitrogens is 1. The van der Waals surface area contributed by atoms with E-state index in [-0.39, 0.29) is 5.91 Å². The van der Waals surface area contributed by atoms with Gasteiger partial charge in [0, 0.05) is 37.0 Å². The maximum Gasteiger partial charge on any atom is 0.490 e. The van der Waals surface area contributed by atoms with E-state index in [9.17, 15) is 18.0 Å². The van der Waals surface area contributed by atoms with Gasteiger partial charge in [-0.05, 0) is 7.05 Å². The summed E-state index contributed by atoms with van der Waals surface area (Å²) >= 11 is 1.50. The van der Waals surface area contributed by atoms with Gasteiger partial charge >= 0.3 is 12.1 Å². The molecule has 0 saturated carbocycles. The summed E-state index contributed by atoms with van der Waals surface area (Å²) in [6, 6.07) is 9.76. The third-order valence-electron chi connectivity index (χ3n) is 4.64. The lowest BCUT2D eigenvalue weighted by Gasteiger charge is -2.20. The fourth-order valence-electron chi connectivity index (χ4n) is 2.96. The minimum atomic E-state index is -5.08. The van der Waals surface area contributed by atoms with Crippen LogP contribution in [0.2, 0.25) is 0 Å². The molecule has 1 aromatic carbocycles. The molecule has 1 amide bonds. The number of halogens is 3. The highest BCUT2D eigenvalue weighted by Crippen LogP contribution is 2.25. The fraction of sp³-hybridized carbons (Fsp3) is 0.350. The SMILES string of the molecule is CN1CCc2nc(C(=O)N(C)Cc3nc(-c4ccccc4)n[nH]3)sc2C1.O=C(O)C(F)(F)F. The van der Waals surface area contributed by atoms with Gasteiger partial charge in [-0.15, -0.1) is 11.3 Å². The van der Waals surface area contributed by atoms with Crippen molar-refractivity contribution < 1.29 is 27.9 Å². The minimum Gasteiger partial charge on any atom is -0.475 e. The second-order valence-corrected chi connectivity index (χ2v) is 8.40. The topological polar surface area (TPSA) is 115 Å². The van der Waals surface area contributed by atoms with E-state index in [0.29, 0.717) is 23.2 Å². The molecule has 0 radical (unpaired) electrons. The van der Waals surface area contributed by atoms with Crippen LogP contribution in [0.3, 0.4) is 0 Å². The second-order valence-electron chi connectivity index (χ2n) is 7.31. The Bertz CT molecular complexity index is 1120. The number of benzene rings is 1. The van der Waals surface area contributed by atoms with Crippen LogP contribution in [-0.4, -0.2) is 73.8 Å². The number of aliphatic carboxylic acids is 1. The van der Waals surface area contributed by atoms with Crippen LogP contribution in [0.4, 0.5) is 13.2 Å². The number of thiazole rings is 1. The summed E-state index contributed by atoms with van der Waals surface area (Å²) in [5.74, 6) is -1.55. The maximum atomic E-state index is 12.7. The predicted molar refractivity (Wildman–Crippen MR) is 113 cm³/mol. The lowest BCUT2D eigenvalue weighted by Crippen LogP contribution is -2.27. The first-order chi connectivity index (χ1) is 15.5. The normalized spacial score (nSPS) is 13.6. The number of amides is 1. The highest BCUT2D eigenvalue weighted by atomic mass is 32.1. The van der Waals surface area contributed by atoms with Gasteiger partial charge < -0.3 is 14.9 Å². The summed E-state index contributed by atoms with van der Waals surface area (Å²) in [7, 11) is 3.85. The maximum absolute atomic E-state index is 12.7. The number of alkyl halides is 3. The van der Waals surface area contributed by atoms with Crippen LogP contribution >= 0.6 is 11.3 Å². The molecule has 3 aromatic rings. The quantitative estimate of drug-likeness (QED) is 0.588. The van der Waals surface area contributed by atoms with Crippen LogP contribution < -0.4 is 0 Å². The van der Waals surface area contributed by atoms with E-state index in [0.717, 1.165) is 30.8 Å². The monoisotopic (exact) mass is 482 g/mol. The number of carboxylic acids is 1. The number of aromatic amines is 1. The van der Waals surface area contributed by atoms with Crippen LogP contribution in [-0.2, 0) is 24.3 Å². The Kier molecular flexibility index (Phi) is 7.43. The van der Waals surface area contributed by atoms with Crippen molar-refractivity contribution in [3.8, 4) is 11.4 Å². The number of aromatic nitrogens is 4. The highest BCUT2D eigenvalue weighted by molar-refractivity contribution is 7.13. The number of fused-ring (bicyclic) bond motifs is 1. The number of rotatable bonds is 4. The van der Waals surface area contributed by atoms with Crippen molar-refractivity contribution in [2.45, 2.75) is 25.7 Å². The molecule has 176 valence electrons. The van der Waals surface area contributed by atoms with Crippen molar-refractivity contribution in [1.29, 1.82) is 0 Å². The van der Waals surface area contributed by atoms with Crippen molar-refractivity contribution in [2.75, 3.05) is 20.6 Å². The number of nitrogens with one attached hydrogen (secondary N) is 1. The molecular formula is C20H21F3N6O3S. The molecule has 0 unspecified atom stereocenters. The van der Waals surface area contributed by atoms with Crippen molar-refractivity contribution in [3.05, 3.63) is 51.7 Å². The summed E-state index contributed by atoms with van der Waals surface area (Å²) in [5.41, 5.74) is 2.01. The zero-order chi connectivity index (χ0) is 24.2. The van der Waals surface area contributed by atoms with Gasteiger partial charge in [-0.2, -0.15) is 18.3 Å². The minimum absolute atomic E-state index is 0.0790. The third-order valence-corrected chi connectivity index (χ3v) is 5.72. The Morgan fingerprint density at radius 2 is 1.91 bits per heavy atom. The zero-order valence-electron chi connectivity index (χ0n) is 17.8. The Balaban J connectivity index is 0.000000383. The van der Waals surface area contributed by atoms with Crippen molar-refractivity contribution >= 4 is 23.2 Å². The van der Waals surface area contributed by atoms with Crippen LogP contribution in [0.15, 0.2) is 30.3 Å². The van der Waals surface area contributed by atoms with E-state index in [4.69, 9.17) is 9.90 Å². The van der Waals surface area contributed by atoms with Gasteiger partial charge in [0.15, 0.2) is 10.8 Å². The summed E-state index contributed by atoms with van der Waals surface area (Å²) in [4.78, 5) is 35.7. The van der Waals surface area contributed by atoms with Crippen LogP contribution in [0.25, 0.3) is 11.4 Å². The van der Waals surface area contributed by atoms with Gasteiger partial charge in [0.05, 0.1) is 12.2 Å². The van der Waals surface area contributed by atoms with E-state index in [1.54, 1.807) is 11.9 Å². The number of nitrogens with zero attached hydrogens (tertiary/aromatic N) is 5. The molecule has 3 heterocycles. The Labute approximate surface area is 190 Å². The number of hydrogen-bond donors (Lipinski definition) is 2. The van der Waals surface area contributed by atoms with Gasteiger partial charge in [-0.1, -0.05) is 30.3 Å². The zero-order valence-corrected chi connectivity index (χ0v) is 18.6. The van der Waals surface area contributed by atoms with Crippen LogP contribution in [0.5, 0.6) is 0 Å². The molecule has 9 nitrogen and oxygen atoms in total. The third kappa shape index (κ3) is 6.35. The molecule has 0 saturated heterocycles. The standard InChI is InChI=1S/C18H20N6OS.C2HF3O2/c1-23-9-8-13-14(10-23)26-17(19-13)18(25)24(2)11-15-20-16(22-21-15)12-6-4-3-5-7-12;3-2(4,5)1(6)7/h3-7H,8-11H2,1-2H3,(H,20,21,22);(H,6,7). The first-order valence-corrected chi connectivity index (χ1v) is 10.6. The molecule has 2 N–H and O–H groups in total. The van der Waals surface area contributed by atoms with E-state index < -0.39 is 12.1 Å². The Morgan fingerprint density at radius 1 is 1.24 bits per heavy atom. The Morgan fingerprint density at radius 3 is 2.55 bits per heavy atom. The molecule has 1 aliphatic rings. The van der Waals surface area contributed by atoms with Gasteiger partial charge in [0.25, 0.3) is 5.91 Å². The molecule has 0 fully saturated rings. The molecule has 1 aliphatic heterocycles. The summed E-state index contributed by atoms with van der Waals surface area (Å²) in [6.07, 6.45) is -4.18. The molecular weight excluding hydrogens is 461 g/mol. The molecule has 0 bridgehead atoms. The summed E-state index contributed by atoms with van der Waals surface area (Å²) in [5, 5.41) is 14.8. The first kappa shape index (κ1) is 24.3. The average molecular weight is 482 g/mol. The van der Waals surface area contributed by atoms with Crippen molar-refractivity contribution in [2.24, 2.45) is 0 Å². The molecule has 0 atom stereocenters. The van der Waals surface area contributed by atoms with Gasteiger partial charge in [0.1, 0.15) is 5.82 Å². The molecule has 13 heteroatoms. The van der Waals surface area contributed by atoms with Crippen molar-refractivity contribution in [3.63, 3.8) is 0 Å². The molecule has 0 spiro atoms. The lowest BCUT2D eigenvalue weighted by molar-refractivity contribution is -0.192. The lowest BCUT2D eigenvalue weighted by atomic mass is 10.2. The number of carbonyl (C=O) groups is 2. The van der Waals surface area contributed by atoms with Gasteiger partial charge in [0.2, 0.25) is 0 Å². The van der Waals surface area contributed by atoms with Crippen LogP contribution in [0, 0.1) is 0 Å². The number of hydrogen-bond acceptors (Lipinski definition) is 7. The van der Waals surface area contributed by atoms with E-state index in [2.05, 4.69) is 32.1 Å². The molecule has 0 aliphatic carbocycles. The summed E-state index contributed by atoms with van der Waals surface area (Å²) < 4.78 is 31.7. The fourth-order valence-corrected chi connectivity index (χ4v) is 4.14. The van der Waals surface area contributed by atoms with E-state index in [1.807, 2.05) is 30.3 Å². The Hall–Kier alpha value is -3.32. The van der Waals surface area contributed by atoms with E-state index in [1.165, 1.54) is 16.2 Å². The molecule has 33 heavy (non-hydrogen) atoms. The highest BCUT2D eigenvalue weighted by Gasteiger charge is 2.38. The van der Waals surface area contributed by atoms with Crippen LogP contribution in [0.1, 0.15) is 26.2 Å². The first-order valence-electron chi connectivity index (χ1n) is 9.74. The predicted octanol–water partition coefficient (Wildman–Crippen LogP) is 2.82. The smallest absolute Gasteiger partial charge is 0.475 e. The van der Waals surface area contributed by atoms with Gasteiger partial charge in [-0.3, -0.25) is 9.89 Å². The average Bonchev–Trinajstić information content (AvgIpc) is 3.40. The molecule has 2 aromatic heterocycles. The number of carboxylic acid groups (broad SMARTS) is 1. The number of likely N-dealkylation sites (N-methyl/N-ethyl adjacent to an activating group) is 1. The number of carbonyl (C=O) groups excluding carboxylic acids is 1. The largest absolute Gasteiger partial charge is 0.490 e. The van der Waals surface area contributed by atoms with Crippen molar-refractivity contribution in [1.82, 2.24) is 30.0 Å². The second kappa shape index (κ2) is 10.1. The van der Waals surface area contributed by atoms with E-state index >= 15 is 0 Å². The molecule has 4 rings (SSSR count). The van der Waals surface area contributed by atoms with Gasteiger partial charge in [-0.25, -0.2) is 14.8 Å².